The van der Waals surface area contributed by atoms with E-state index in [-0.39, 0.29) is 23.3 Å². The molecule has 4 aromatic rings. The zero-order valence-electron chi connectivity index (χ0n) is 18.8. The first kappa shape index (κ1) is 22.7. The van der Waals surface area contributed by atoms with E-state index in [2.05, 4.69) is 5.32 Å². The molecule has 0 spiro atoms. The first-order valence-electron chi connectivity index (χ1n) is 11.3. The second-order valence-corrected chi connectivity index (χ2v) is 10.0. The molecule has 6 nitrogen and oxygen atoms in total. The Morgan fingerprint density at radius 2 is 1.88 bits per heavy atom. The minimum Gasteiger partial charge on any atom is -0.495 e. The van der Waals surface area contributed by atoms with Crippen molar-refractivity contribution in [1.82, 2.24) is 9.55 Å². The highest BCUT2D eigenvalue weighted by atomic mass is 32.2. The number of carbonyl (C=O) groups excluding carboxylic acids is 1. The molecular weight excluding hydrogens is 466 g/mol. The number of para-hydroxylation sites is 2. The Balaban J connectivity index is 1.47. The fraction of sp³-hybridized carbons (Fsp3) is 0.269. The van der Waals surface area contributed by atoms with Gasteiger partial charge in [0.1, 0.15) is 10.6 Å². The van der Waals surface area contributed by atoms with Crippen LogP contribution in [0, 0.1) is 0 Å². The maximum atomic E-state index is 13.8. The van der Waals surface area contributed by atoms with Gasteiger partial charge in [-0.15, -0.1) is 11.3 Å². The van der Waals surface area contributed by atoms with Crippen molar-refractivity contribution in [1.29, 1.82) is 0 Å². The highest BCUT2D eigenvalue weighted by Gasteiger charge is 2.25. The van der Waals surface area contributed by atoms with Crippen LogP contribution in [0.1, 0.15) is 31.7 Å². The number of thiophene rings is 1. The Bertz CT molecular complexity index is 1380. The monoisotopic (exact) mass is 491 g/mol. The molecule has 1 aliphatic carbocycles. The highest BCUT2D eigenvalue weighted by molar-refractivity contribution is 7.99. The van der Waals surface area contributed by atoms with Crippen LogP contribution in [0.25, 0.3) is 21.3 Å². The van der Waals surface area contributed by atoms with Gasteiger partial charge in [-0.25, -0.2) is 4.98 Å². The Morgan fingerprint density at radius 3 is 2.65 bits per heavy atom. The lowest BCUT2D eigenvalue weighted by molar-refractivity contribution is -0.113. The molecule has 0 unspecified atom stereocenters. The van der Waals surface area contributed by atoms with Crippen LogP contribution in [-0.4, -0.2) is 28.3 Å². The van der Waals surface area contributed by atoms with Gasteiger partial charge in [0.2, 0.25) is 5.91 Å². The molecule has 0 radical (unpaired) electrons. The molecule has 5 rings (SSSR count). The summed E-state index contributed by atoms with van der Waals surface area (Å²) in [5.74, 6) is 0.591. The standard InChI is InChI=1S/C26H25N3O3S2/c1-32-21-14-8-7-13-20(21)27-22(30)16-34-26-28-24-23(25(31)29(26)18-11-5-6-12-18)19(15-33-24)17-9-3-2-4-10-17/h2-4,7-10,13-15,18H,5-6,11-12,16H2,1H3,(H,27,30). The van der Waals surface area contributed by atoms with Gasteiger partial charge in [0.15, 0.2) is 5.16 Å². The lowest BCUT2D eigenvalue weighted by Gasteiger charge is -2.18. The van der Waals surface area contributed by atoms with Gasteiger partial charge in [-0.1, -0.05) is 67.1 Å². The average molecular weight is 492 g/mol. The summed E-state index contributed by atoms with van der Waals surface area (Å²) in [6, 6.07) is 17.4. The Kier molecular flexibility index (Phi) is 6.69. The number of benzene rings is 2. The Morgan fingerprint density at radius 1 is 1.15 bits per heavy atom. The van der Waals surface area contributed by atoms with Gasteiger partial charge in [-0.3, -0.25) is 14.2 Å². The van der Waals surface area contributed by atoms with Crippen LogP contribution in [0.5, 0.6) is 5.75 Å². The number of carbonyl (C=O) groups is 1. The maximum Gasteiger partial charge on any atom is 0.263 e. The zero-order chi connectivity index (χ0) is 23.5. The number of thioether (sulfide) groups is 1. The molecule has 1 saturated carbocycles. The summed E-state index contributed by atoms with van der Waals surface area (Å²) in [5.41, 5.74) is 2.56. The van der Waals surface area contributed by atoms with Gasteiger partial charge in [0.05, 0.1) is 23.9 Å². The summed E-state index contributed by atoms with van der Waals surface area (Å²) in [6.45, 7) is 0. The maximum absolute atomic E-state index is 13.8. The van der Waals surface area contributed by atoms with Crippen LogP contribution in [0.3, 0.4) is 0 Å². The largest absolute Gasteiger partial charge is 0.495 e. The van der Waals surface area contributed by atoms with Crippen LogP contribution in [-0.2, 0) is 4.79 Å². The van der Waals surface area contributed by atoms with E-state index in [4.69, 9.17) is 9.72 Å². The normalized spacial score (nSPS) is 13.9. The molecule has 0 bridgehead atoms. The van der Waals surface area contributed by atoms with E-state index in [1.807, 2.05) is 52.4 Å². The van der Waals surface area contributed by atoms with Crippen molar-refractivity contribution in [3.63, 3.8) is 0 Å². The second kappa shape index (κ2) is 10.0. The van der Waals surface area contributed by atoms with E-state index in [1.165, 1.54) is 23.1 Å². The van der Waals surface area contributed by atoms with Crippen LogP contribution >= 0.6 is 23.1 Å². The van der Waals surface area contributed by atoms with Crippen molar-refractivity contribution < 1.29 is 9.53 Å². The van der Waals surface area contributed by atoms with Crippen molar-refractivity contribution in [3.05, 3.63) is 70.3 Å². The summed E-state index contributed by atoms with van der Waals surface area (Å²) in [6.07, 6.45) is 4.11. The molecule has 2 heterocycles. The van der Waals surface area contributed by atoms with Crippen molar-refractivity contribution in [2.75, 3.05) is 18.2 Å². The molecule has 0 aliphatic heterocycles. The summed E-state index contributed by atoms with van der Waals surface area (Å²) >= 11 is 2.79. The third-order valence-corrected chi connectivity index (χ3v) is 7.92. The van der Waals surface area contributed by atoms with E-state index < -0.39 is 0 Å². The van der Waals surface area contributed by atoms with Gasteiger partial charge in [0.25, 0.3) is 5.56 Å². The van der Waals surface area contributed by atoms with Crippen molar-refractivity contribution in [2.24, 2.45) is 0 Å². The van der Waals surface area contributed by atoms with Crippen molar-refractivity contribution >= 4 is 44.9 Å². The number of aromatic nitrogens is 2. The molecule has 1 fully saturated rings. The SMILES string of the molecule is COc1ccccc1NC(=O)CSc1nc2scc(-c3ccccc3)c2c(=O)n1C1CCCC1. The van der Waals surface area contributed by atoms with Gasteiger partial charge in [-0.2, -0.15) is 0 Å². The molecule has 8 heteroatoms. The number of anilines is 1. The molecule has 1 aliphatic rings. The summed E-state index contributed by atoms with van der Waals surface area (Å²) in [7, 11) is 1.57. The van der Waals surface area contributed by atoms with Gasteiger partial charge in [-0.05, 0) is 30.5 Å². The minimum absolute atomic E-state index is 0.00959. The number of hydrogen-bond acceptors (Lipinski definition) is 6. The first-order valence-corrected chi connectivity index (χ1v) is 13.2. The van der Waals surface area contributed by atoms with Gasteiger partial charge >= 0.3 is 0 Å². The van der Waals surface area contributed by atoms with Crippen LogP contribution in [0.2, 0.25) is 0 Å². The number of amides is 1. The minimum atomic E-state index is -0.169. The van der Waals surface area contributed by atoms with Crippen LogP contribution in [0.4, 0.5) is 5.69 Å². The molecule has 0 saturated heterocycles. The first-order chi connectivity index (χ1) is 16.7. The number of fused-ring (bicyclic) bond motifs is 1. The molecule has 174 valence electrons. The Labute approximate surface area is 206 Å². The second-order valence-electron chi connectivity index (χ2n) is 8.24. The van der Waals surface area contributed by atoms with E-state index in [1.54, 1.807) is 19.2 Å². The topological polar surface area (TPSA) is 73.2 Å². The number of ether oxygens (including phenoxy) is 1. The number of nitrogens with one attached hydrogen (secondary N) is 1. The summed E-state index contributed by atoms with van der Waals surface area (Å²) in [5, 5.41) is 6.20. The lowest BCUT2D eigenvalue weighted by Crippen LogP contribution is -2.27. The third-order valence-electron chi connectivity index (χ3n) is 6.10. The molecule has 1 N–H and O–H groups in total. The predicted molar refractivity (Wildman–Crippen MR) is 139 cm³/mol. The molecular formula is C26H25N3O3S2. The Hall–Kier alpha value is -3.10. The smallest absolute Gasteiger partial charge is 0.263 e. The van der Waals surface area contributed by atoms with E-state index in [9.17, 15) is 9.59 Å². The highest BCUT2D eigenvalue weighted by Crippen LogP contribution is 2.36. The molecule has 2 aromatic carbocycles. The third kappa shape index (κ3) is 4.48. The fourth-order valence-electron chi connectivity index (χ4n) is 4.47. The van der Waals surface area contributed by atoms with Crippen LogP contribution in [0.15, 0.2) is 69.9 Å². The summed E-state index contributed by atoms with van der Waals surface area (Å²) in [4.78, 5) is 32.1. The van der Waals surface area contributed by atoms with Crippen molar-refractivity contribution in [2.45, 2.75) is 36.9 Å². The number of nitrogens with zero attached hydrogens (tertiary/aromatic N) is 2. The average Bonchev–Trinajstić information content (AvgIpc) is 3.54. The number of methoxy groups -OCH3 is 1. The number of hydrogen-bond donors (Lipinski definition) is 1. The molecule has 2 aromatic heterocycles. The van der Waals surface area contributed by atoms with Crippen LogP contribution < -0.4 is 15.6 Å². The molecule has 0 atom stereocenters. The lowest BCUT2D eigenvalue weighted by atomic mass is 10.1. The summed E-state index contributed by atoms with van der Waals surface area (Å²) < 4.78 is 7.16. The van der Waals surface area contributed by atoms with Crippen molar-refractivity contribution in [3.8, 4) is 16.9 Å². The fourth-order valence-corrected chi connectivity index (χ4v) is 6.32. The molecule has 34 heavy (non-hydrogen) atoms. The zero-order valence-corrected chi connectivity index (χ0v) is 20.5. The predicted octanol–water partition coefficient (Wildman–Crippen LogP) is 5.98. The van der Waals surface area contributed by atoms with E-state index in [0.717, 1.165) is 36.8 Å². The molecule has 1 amide bonds. The quantitative estimate of drug-likeness (QED) is 0.254. The van der Waals surface area contributed by atoms with E-state index >= 15 is 0 Å². The van der Waals surface area contributed by atoms with E-state index in [0.29, 0.717) is 26.8 Å². The van der Waals surface area contributed by atoms with Gasteiger partial charge < -0.3 is 10.1 Å². The number of rotatable bonds is 7. The van der Waals surface area contributed by atoms with Gasteiger partial charge in [0, 0.05) is 17.0 Å².